The van der Waals surface area contributed by atoms with Crippen molar-refractivity contribution in [2.45, 2.75) is 13.5 Å². The van der Waals surface area contributed by atoms with Crippen molar-refractivity contribution in [1.29, 1.82) is 0 Å². The van der Waals surface area contributed by atoms with Crippen LogP contribution in [0, 0.1) is 6.92 Å². The Morgan fingerprint density at radius 3 is 3.07 bits per heavy atom. The Labute approximate surface area is 81.3 Å². The zero-order chi connectivity index (χ0) is 10.1. The number of hydrogen-bond donors (Lipinski definition) is 1. The van der Waals surface area contributed by atoms with E-state index < -0.39 is 0 Å². The molecule has 0 radical (unpaired) electrons. The molecule has 0 saturated heterocycles. The van der Waals surface area contributed by atoms with Crippen molar-refractivity contribution in [1.82, 2.24) is 9.78 Å². The Morgan fingerprint density at radius 1 is 1.57 bits per heavy atom. The number of benzene rings is 1. The van der Waals surface area contributed by atoms with Gasteiger partial charge in [-0.15, -0.1) is 0 Å². The number of hydrogen-bond acceptors (Lipinski definition) is 3. The molecule has 0 fully saturated rings. The molecule has 0 aliphatic carbocycles. The third-order valence-corrected chi connectivity index (χ3v) is 2.21. The van der Waals surface area contributed by atoms with Gasteiger partial charge in [-0.2, -0.15) is 5.10 Å². The summed E-state index contributed by atoms with van der Waals surface area (Å²) in [6, 6.07) is 5.57. The van der Waals surface area contributed by atoms with E-state index in [2.05, 4.69) is 5.10 Å². The van der Waals surface area contributed by atoms with Crippen LogP contribution in [-0.2, 0) is 11.3 Å². The summed E-state index contributed by atoms with van der Waals surface area (Å²) >= 11 is 0. The first-order chi connectivity index (χ1) is 6.72. The molecule has 14 heavy (non-hydrogen) atoms. The van der Waals surface area contributed by atoms with Crippen LogP contribution in [0.25, 0.3) is 10.9 Å². The van der Waals surface area contributed by atoms with E-state index in [0.29, 0.717) is 5.69 Å². The smallest absolute Gasteiger partial charge is 0.141 e. The summed E-state index contributed by atoms with van der Waals surface area (Å²) in [6.07, 6.45) is 0.836. The predicted octanol–water partition coefficient (Wildman–Crippen LogP) is 1.13. The van der Waals surface area contributed by atoms with Crippen LogP contribution in [0.5, 0.6) is 0 Å². The van der Waals surface area contributed by atoms with Crippen LogP contribution in [0.1, 0.15) is 5.69 Å². The first kappa shape index (κ1) is 8.74. The van der Waals surface area contributed by atoms with Gasteiger partial charge in [0.25, 0.3) is 0 Å². The Hall–Kier alpha value is -1.84. The quantitative estimate of drug-likeness (QED) is 0.569. The van der Waals surface area contributed by atoms with Crippen molar-refractivity contribution in [2.24, 2.45) is 0 Å². The number of carbonyl (C=O) groups excluding carboxylic acids is 1. The monoisotopic (exact) mass is 189 g/mol. The number of aldehydes is 1. The fourth-order valence-electron chi connectivity index (χ4n) is 1.57. The van der Waals surface area contributed by atoms with Gasteiger partial charge in [-0.25, -0.2) is 0 Å². The van der Waals surface area contributed by atoms with Gasteiger partial charge in [-0.05, 0) is 25.1 Å². The van der Waals surface area contributed by atoms with Crippen molar-refractivity contribution >= 4 is 22.9 Å². The number of aromatic nitrogens is 2. The van der Waals surface area contributed by atoms with Crippen LogP contribution in [0.15, 0.2) is 18.2 Å². The van der Waals surface area contributed by atoms with E-state index in [9.17, 15) is 4.79 Å². The van der Waals surface area contributed by atoms with E-state index in [1.807, 2.05) is 25.1 Å². The van der Waals surface area contributed by atoms with E-state index in [-0.39, 0.29) is 6.54 Å². The topological polar surface area (TPSA) is 60.9 Å². The molecule has 4 heteroatoms. The van der Waals surface area contributed by atoms with E-state index in [4.69, 9.17) is 5.73 Å². The Morgan fingerprint density at radius 2 is 2.36 bits per heavy atom. The number of nitrogens with zero attached hydrogens (tertiary/aromatic N) is 2. The van der Waals surface area contributed by atoms with Gasteiger partial charge in [0, 0.05) is 11.1 Å². The third-order valence-electron chi connectivity index (χ3n) is 2.21. The molecule has 0 saturated carbocycles. The van der Waals surface area contributed by atoms with Gasteiger partial charge in [0.1, 0.15) is 6.29 Å². The molecule has 2 aromatic rings. The molecule has 1 heterocycles. The molecule has 0 spiro atoms. The van der Waals surface area contributed by atoms with Gasteiger partial charge in [-0.1, -0.05) is 0 Å². The van der Waals surface area contributed by atoms with Gasteiger partial charge < -0.3 is 10.5 Å². The molecule has 2 N–H and O–H groups in total. The fraction of sp³-hybridized carbons (Fsp3) is 0.200. The first-order valence-electron chi connectivity index (χ1n) is 4.38. The van der Waals surface area contributed by atoms with Gasteiger partial charge in [-0.3, -0.25) is 4.68 Å². The molecule has 0 aliphatic rings. The molecule has 0 unspecified atom stereocenters. The molecule has 72 valence electrons. The minimum Gasteiger partial charge on any atom is -0.399 e. The number of carbonyl (C=O) groups is 1. The number of nitrogens with two attached hydrogens (primary N) is 1. The zero-order valence-corrected chi connectivity index (χ0v) is 7.90. The van der Waals surface area contributed by atoms with Crippen molar-refractivity contribution in [3.63, 3.8) is 0 Å². The lowest BCUT2D eigenvalue weighted by atomic mass is 10.2. The van der Waals surface area contributed by atoms with Crippen LogP contribution in [0.3, 0.4) is 0 Å². The highest BCUT2D eigenvalue weighted by Gasteiger charge is 2.06. The molecule has 4 nitrogen and oxygen atoms in total. The molecule has 0 aliphatic heterocycles. The summed E-state index contributed by atoms with van der Waals surface area (Å²) in [5.74, 6) is 0. The molecule has 1 aromatic carbocycles. The van der Waals surface area contributed by atoms with Crippen LogP contribution >= 0.6 is 0 Å². The minimum atomic E-state index is 0.286. The lowest BCUT2D eigenvalue weighted by molar-refractivity contribution is -0.108. The predicted molar refractivity (Wildman–Crippen MR) is 54.9 cm³/mol. The van der Waals surface area contributed by atoms with Crippen molar-refractivity contribution in [3.8, 4) is 0 Å². The summed E-state index contributed by atoms with van der Waals surface area (Å²) < 4.78 is 1.68. The third kappa shape index (κ3) is 1.25. The normalized spacial score (nSPS) is 10.6. The second kappa shape index (κ2) is 3.14. The maximum absolute atomic E-state index is 10.4. The molecular formula is C10H11N3O. The first-order valence-corrected chi connectivity index (χ1v) is 4.38. The molecular weight excluding hydrogens is 178 g/mol. The molecule has 0 amide bonds. The number of nitrogen functional groups attached to an aromatic ring is 1. The maximum Gasteiger partial charge on any atom is 0.141 e. The average molecular weight is 189 g/mol. The lowest BCUT2D eigenvalue weighted by Crippen LogP contribution is -2.00. The van der Waals surface area contributed by atoms with Gasteiger partial charge >= 0.3 is 0 Å². The fourth-order valence-corrected chi connectivity index (χ4v) is 1.57. The maximum atomic E-state index is 10.4. The van der Waals surface area contributed by atoms with Gasteiger partial charge in [0.05, 0.1) is 17.8 Å². The Bertz CT molecular complexity index is 487. The van der Waals surface area contributed by atoms with E-state index in [0.717, 1.165) is 22.9 Å². The zero-order valence-electron chi connectivity index (χ0n) is 7.90. The molecule has 1 aromatic heterocycles. The van der Waals surface area contributed by atoms with Crippen LogP contribution < -0.4 is 5.73 Å². The van der Waals surface area contributed by atoms with Gasteiger partial charge in [0.2, 0.25) is 0 Å². The number of rotatable bonds is 2. The van der Waals surface area contributed by atoms with Crippen molar-refractivity contribution in [3.05, 3.63) is 23.9 Å². The minimum absolute atomic E-state index is 0.286. The molecule has 2 rings (SSSR count). The van der Waals surface area contributed by atoms with E-state index in [1.54, 1.807) is 4.68 Å². The second-order valence-corrected chi connectivity index (χ2v) is 3.21. The highest BCUT2D eigenvalue weighted by atomic mass is 16.1. The van der Waals surface area contributed by atoms with Crippen LogP contribution in [0.2, 0.25) is 0 Å². The summed E-state index contributed by atoms with van der Waals surface area (Å²) in [7, 11) is 0. The number of aryl methyl sites for hydroxylation is 1. The van der Waals surface area contributed by atoms with Gasteiger partial charge in [0.15, 0.2) is 0 Å². The summed E-state index contributed by atoms with van der Waals surface area (Å²) in [5.41, 5.74) is 8.23. The highest BCUT2D eigenvalue weighted by molar-refractivity contribution is 5.85. The van der Waals surface area contributed by atoms with E-state index >= 15 is 0 Å². The van der Waals surface area contributed by atoms with Crippen molar-refractivity contribution < 1.29 is 4.79 Å². The molecule has 0 bridgehead atoms. The summed E-state index contributed by atoms with van der Waals surface area (Å²) in [5, 5.41) is 5.26. The largest absolute Gasteiger partial charge is 0.399 e. The van der Waals surface area contributed by atoms with Crippen molar-refractivity contribution in [2.75, 3.05) is 5.73 Å². The molecule has 0 atom stereocenters. The van der Waals surface area contributed by atoms with E-state index in [1.165, 1.54) is 0 Å². The Balaban J connectivity index is 2.70. The van der Waals surface area contributed by atoms with Crippen LogP contribution in [-0.4, -0.2) is 16.1 Å². The summed E-state index contributed by atoms with van der Waals surface area (Å²) in [4.78, 5) is 10.4. The number of anilines is 1. The second-order valence-electron chi connectivity index (χ2n) is 3.21. The lowest BCUT2D eigenvalue weighted by Gasteiger charge is -1.97. The SMILES string of the molecule is Cc1nn(CC=O)c2ccc(N)cc12. The summed E-state index contributed by atoms with van der Waals surface area (Å²) in [6.45, 7) is 2.19. The average Bonchev–Trinajstić information content (AvgIpc) is 2.44. The number of fused-ring (bicyclic) bond motifs is 1. The highest BCUT2D eigenvalue weighted by Crippen LogP contribution is 2.20. The standard InChI is InChI=1S/C10H11N3O/c1-7-9-6-8(11)2-3-10(9)13(12-7)4-5-14/h2-3,5-6H,4,11H2,1H3. The van der Waals surface area contributed by atoms with Crippen LogP contribution in [0.4, 0.5) is 5.69 Å². The Kier molecular flexibility index (Phi) is 1.96.